The third kappa shape index (κ3) is 4.24. The van der Waals surface area contributed by atoms with Gasteiger partial charge < -0.3 is 15.1 Å². The monoisotopic (exact) mass is 343 g/mol. The molecule has 1 N–H and O–H groups in total. The number of amides is 1. The number of hydrogen-bond donors (Lipinski definition) is 1. The number of fused-ring (bicyclic) bond motifs is 1. The number of pyridine rings is 1. The largest absolute Gasteiger partial charge is 0.351 e. The maximum atomic E-state index is 12.4. The van der Waals surface area contributed by atoms with Gasteiger partial charge in [0.05, 0.1) is 0 Å². The van der Waals surface area contributed by atoms with Crippen LogP contribution in [0.15, 0.2) is 35.4 Å². The average molecular weight is 343 g/mol. The van der Waals surface area contributed by atoms with Crippen molar-refractivity contribution < 1.29 is 4.79 Å². The highest BCUT2D eigenvalue weighted by molar-refractivity contribution is 5.93. The predicted octanol–water partition coefficient (Wildman–Crippen LogP) is 0.308. The van der Waals surface area contributed by atoms with Crippen LogP contribution in [-0.2, 0) is 0 Å². The minimum Gasteiger partial charge on any atom is -0.351 e. The Labute approximate surface area is 147 Å². The SMILES string of the molecule is CC(CNC(=O)c1cnc2ccccn2c1=O)CN1CCN(C)CC1. The maximum Gasteiger partial charge on any atom is 0.270 e. The first-order chi connectivity index (χ1) is 12.0. The second kappa shape index (κ2) is 7.76. The molecule has 0 aromatic carbocycles. The summed E-state index contributed by atoms with van der Waals surface area (Å²) >= 11 is 0. The summed E-state index contributed by atoms with van der Waals surface area (Å²) in [5.41, 5.74) is 0.276. The van der Waals surface area contributed by atoms with E-state index in [9.17, 15) is 9.59 Å². The van der Waals surface area contributed by atoms with Gasteiger partial charge in [-0.15, -0.1) is 0 Å². The molecular weight excluding hydrogens is 318 g/mol. The Morgan fingerprint density at radius 1 is 1.28 bits per heavy atom. The lowest BCUT2D eigenvalue weighted by Gasteiger charge is -2.33. The van der Waals surface area contributed by atoms with Gasteiger partial charge in [-0.05, 0) is 25.1 Å². The molecule has 2 aromatic rings. The van der Waals surface area contributed by atoms with Crippen molar-refractivity contribution in [1.82, 2.24) is 24.5 Å². The van der Waals surface area contributed by atoms with Crippen molar-refractivity contribution in [1.29, 1.82) is 0 Å². The number of aromatic nitrogens is 2. The molecule has 0 bridgehead atoms. The van der Waals surface area contributed by atoms with Gasteiger partial charge in [-0.3, -0.25) is 14.0 Å². The number of nitrogens with zero attached hydrogens (tertiary/aromatic N) is 4. The van der Waals surface area contributed by atoms with Gasteiger partial charge in [-0.2, -0.15) is 0 Å². The van der Waals surface area contributed by atoms with E-state index in [1.165, 1.54) is 10.6 Å². The Morgan fingerprint density at radius 3 is 2.80 bits per heavy atom. The van der Waals surface area contributed by atoms with Crippen molar-refractivity contribution in [2.45, 2.75) is 6.92 Å². The van der Waals surface area contributed by atoms with Crippen molar-refractivity contribution in [3.8, 4) is 0 Å². The summed E-state index contributed by atoms with van der Waals surface area (Å²) in [7, 11) is 2.14. The number of likely N-dealkylation sites (N-methyl/N-ethyl adjacent to an activating group) is 1. The van der Waals surface area contributed by atoms with Gasteiger partial charge in [-0.25, -0.2) is 4.98 Å². The van der Waals surface area contributed by atoms with Gasteiger partial charge >= 0.3 is 0 Å². The Hall–Kier alpha value is -2.25. The molecule has 3 rings (SSSR count). The van der Waals surface area contributed by atoms with E-state index in [0.29, 0.717) is 18.1 Å². The van der Waals surface area contributed by atoms with Crippen LogP contribution < -0.4 is 10.9 Å². The standard InChI is InChI=1S/C18H25N5O2/c1-14(13-22-9-7-21(2)8-10-22)11-20-17(24)15-12-19-16-5-3-4-6-23(16)18(15)25/h3-6,12,14H,7-11,13H2,1-2H3,(H,20,24). The van der Waals surface area contributed by atoms with Crippen LogP contribution in [0.25, 0.3) is 5.65 Å². The summed E-state index contributed by atoms with van der Waals surface area (Å²) in [4.78, 5) is 33.7. The van der Waals surface area contributed by atoms with Gasteiger partial charge in [0.1, 0.15) is 11.2 Å². The van der Waals surface area contributed by atoms with Crippen molar-refractivity contribution in [3.63, 3.8) is 0 Å². The summed E-state index contributed by atoms with van der Waals surface area (Å²) < 4.78 is 1.39. The number of carbonyl (C=O) groups excluding carboxylic acids is 1. The Morgan fingerprint density at radius 2 is 2.04 bits per heavy atom. The second-order valence-corrected chi connectivity index (χ2v) is 6.82. The third-order valence-electron chi connectivity index (χ3n) is 4.63. The van der Waals surface area contributed by atoms with Gasteiger partial charge in [0.25, 0.3) is 11.5 Å². The van der Waals surface area contributed by atoms with Crippen molar-refractivity contribution >= 4 is 11.6 Å². The van der Waals surface area contributed by atoms with Crippen molar-refractivity contribution in [2.24, 2.45) is 5.92 Å². The lowest BCUT2D eigenvalue weighted by Crippen LogP contribution is -2.47. The normalized spacial score (nSPS) is 17.5. The lowest BCUT2D eigenvalue weighted by molar-refractivity contribution is 0.0935. The quantitative estimate of drug-likeness (QED) is 0.846. The highest BCUT2D eigenvalue weighted by atomic mass is 16.2. The molecule has 7 nitrogen and oxygen atoms in total. The zero-order valence-electron chi connectivity index (χ0n) is 14.8. The molecule has 7 heteroatoms. The van der Waals surface area contributed by atoms with Crippen LogP contribution in [0.4, 0.5) is 0 Å². The first-order valence-corrected chi connectivity index (χ1v) is 8.70. The van der Waals surface area contributed by atoms with Crippen LogP contribution in [0.3, 0.4) is 0 Å². The molecule has 0 radical (unpaired) electrons. The molecule has 1 atom stereocenters. The molecule has 134 valence electrons. The summed E-state index contributed by atoms with van der Waals surface area (Å²) in [6.07, 6.45) is 2.98. The molecule has 3 heterocycles. The second-order valence-electron chi connectivity index (χ2n) is 6.82. The first-order valence-electron chi connectivity index (χ1n) is 8.70. The summed E-state index contributed by atoms with van der Waals surface area (Å²) in [5, 5.41) is 2.87. The van der Waals surface area contributed by atoms with Crippen molar-refractivity contribution in [2.75, 3.05) is 46.3 Å². The highest BCUT2D eigenvalue weighted by Gasteiger charge is 2.18. The van der Waals surface area contributed by atoms with Crippen LogP contribution in [0.2, 0.25) is 0 Å². The van der Waals surface area contributed by atoms with Crippen LogP contribution >= 0.6 is 0 Å². The van der Waals surface area contributed by atoms with E-state index in [1.807, 2.05) is 6.07 Å². The molecule has 1 aliphatic heterocycles. The third-order valence-corrected chi connectivity index (χ3v) is 4.63. The molecular formula is C18H25N5O2. The van der Waals surface area contributed by atoms with Gasteiger partial charge in [0.15, 0.2) is 0 Å². The fraction of sp³-hybridized carbons (Fsp3) is 0.500. The van der Waals surface area contributed by atoms with Gasteiger partial charge in [0, 0.05) is 51.7 Å². The van der Waals surface area contributed by atoms with E-state index in [2.05, 4.69) is 34.1 Å². The minimum atomic E-state index is -0.360. The van der Waals surface area contributed by atoms with Crippen LogP contribution in [0.5, 0.6) is 0 Å². The molecule has 1 amide bonds. The fourth-order valence-corrected chi connectivity index (χ4v) is 3.08. The van der Waals surface area contributed by atoms with Crippen molar-refractivity contribution in [3.05, 3.63) is 46.5 Å². The molecule has 1 saturated heterocycles. The molecule has 1 fully saturated rings. The lowest BCUT2D eigenvalue weighted by atomic mass is 10.1. The van der Waals surface area contributed by atoms with Crippen LogP contribution in [0, 0.1) is 5.92 Å². The summed E-state index contributed by atoms with van der Waals surface area (Å²) in [6, 6.07) is 5.29. The smallest absolute Gasteiger partial charge is 0.270 e. The number of piperazine rings is 1. The average Bonchev–Trinajstić information content (AvgIpc) is 2.62. The Kier molecular flexibility index (Phi) is 5.45. The van der Waals surface area contributed by atoms with Crippen LogP contribution in [-0.4, -0.2) is 71.4 Å². The molecule has 0 aliphatic carbocycles. The van der Waals surface area contributed by atoms with E-state index >= 15 is 0 Å². The number of carbonyl (C=O) groups is 1. The molecule has 2 aromatic heterocycles. The predicted molar refractivity (Wildman–Crippen MR) is 96.9 cm³/mol. The molecule has 1 aliphatic rings. The molecule has 25 heavy (non-hydrogen) atoms. The van der Waals surface area contributed by atoms with E-state index in [4.69, 9.17) is 0 Å². The number of hydrogen-bond acceptors (Lipinski definition) is 5. The number of rotatable bonds is 5. The molecule has 1 unspecified atom stereocenters. The summed E-state index contributed by atoms with van der Waals surface area (Å²) in [5.74, 6) is -0.0375. The molecule has 0 saturated carbocycles. The molecule has 0 spiro atoms. The zero-order valence-corrected chi connectivity index (χ0v) is 14.8. The van der Waals surface area contributed by atoms with E-state index in [0.717, 1.165) is 32.7 Å². The fourth-order valence-electron chi connectivity index (χ4n) is 3.08. The van der Waals surface area contributed by atoms with E-state index < -0.39 is 0 Å². The highest BCUT2D eigenvalue weighted by Crippen LogP contribution is 2.04. The van der Waals surface area contributed by atoms with E-state index in [1.54, 1.807) is 18.3 Å². The zero-order chi connectivity index (χ0) is 17.8. The Bertz CT molecular complexity index is 795. The topological polar surface area (TPSA) is 70.0 Å². The van der Waals surface area contributed by atoms with Gasteiger partial charge in [-0.1, -0.05) is 13.0 Å². The van der Waals surface area contributed by atoms with E-state index in [-0.39, 0.29) is 17.0 Å². The van der Waals surface area contributed by atoms with Gasteiger partial charge in [0.2, 0.25) is 0 Å². The first kappa shape index (κ1) is 17.6. The number of nitrogens with one attached hydrogen (secondary N) is 1. The maximum absolute atomic E-state index is 12.4. The summed E-state index contributed by atoms with van der Waals surface area (Å²) in [6.45, 7) is 7.89. The minimum absolute atomic E-state index is 0.0792. The Balaban J connectivity index is 1.57. The van der Waals surface area contributed by atoms with Crippen LogP contribution in [0.1, 0.15) is 17.3 Å².